The fraction of sp³-hybridized carbons (Fsp3) is 0.333. The lowest BCUT2D eigenvalue weighted by atomic mass is 10.1. The van der Waals surface area contributed by atoms with E-state index in [2.05, 4.69) is 15.5 Å². The molecule has 0 spiro atoms. The Morgan fingerprint density at radius 2 is 2.21 bits per heavy atom. The third-order valence-electron chi connectivity index (χ3n) is 2.73. The van der Waals surface area contributed by atoms with Crippen molar-refractivity contribution in [3.05, 3.63) is 51.7 Å². The molecule has 0 aliphatic carbocycles. The summed E-state index contributed by atoms with van der Waals surface area (Å²) in [5.41, 5.74) is 0.730. The van der Waals surface area contributed by atoms with Gasteiger partial charge in [0, 0.05) is 17.7 Å². The van der Waals surface area contributed by atoms with Crippen molar-refractivity contribution in [3.8, 4) is 0 Å². The van der Waals surface area contributed by atoms with Crippen molar-refractivity contribution in [1.29, 1.82) is 0 Å². The van der Waals surface area contributed by atoms with Gasteiger partial charge in [0.1, 0.15) is 0 Å². The van der Waals surface area contributed by atoms with Crippen molar-refractivity contribution in [3.63, 3.8) is 0 Å². The van der Waals surface area contributed by atoms with E-state index in [9.17, 15) is 10.1 Å². The fourth-order valence-electron chi connectivity index (χ4n) is 1.78. The van der Waals surface area contributed by atoms with Crippen LogP contribution in [0.1, 0.15) is 30.2 Å². The number of nitro groups is 1. The van der Waals surface area contributed by atoms with Gasteiger partial charge in [-0.2, -0.15) is 4.98 Å². The number of rotatable bonds is 5. The van der Waals surface area contributed by atoms with Gasteiger partial charge in [-0.1, -0.05) is 23.4 Å². The lowest BCUT2D eigenvalue weighted by Crippen LogP contribution is -2.19. The summed E-state index contributed by atoms with van der Waals surface area (Å²) in [5.74, 6) is 1.03. The second kappa shape index (κ2) is 5.57. The number of hydrogen-bond acceptors (Lipinski definition) is 6. The molecule has 2 rings (SSSR count). The lowest BCUT2D eigenvalue weighted by Gasteiger charge is -2.12. The fourth-order valence-corrected chi connectivity index (χ4v) is 1.78. The summed E-state index contributed by atoms with van der Waals surface area (Å²) in [5, 5.41) is 17.7. The number of nitro benzene ring substituents is 1. The van der Waals surface area contributed by atoms with Crippen molar-refractivity contribution >= 4 is 5.69 Å². The highest BCUT2D eigenvalue weighted by Crippen LogP contribution is 2.24. The van der Waals surface area contributed by atoms with Crippen LogP contribution in [0.3, 0.4) is 0 Å². The Morgan fingerprint density at radius 1 is 1.47 bits per heavy atom. The highest BCUT2D eigenvalue weighted by Gasteiger charge is 2.18. The Kier molecular flexibility index (Phi) is 3.86. The Bertz CT molecular complexity index is 582. The molecule has 7 nitrogen and oxygen atoms in total. The minimum atomic E-state index is -0.385. The van der Waals surface area contributed by atoms with E-state index in [1.807, 2.05) is 6.92 Å². The Balaban J connectivity index is 2.07. The minimum absolute atomic E-state index is 0.101. The van der Waals surface area contributed by atoms with E-state index in [4.69, 9.17) is 4.52 Å². The van der Waals surface area contributed by atoms with E-state index in [0.717, 1.165) is 0 Å². The average molecular weight is 262 g/mol. The lowest BCUT2D eigenvalue weighted by molar-refractivity contribution is -0.385. The minimum Gasteiger partial charge on any atom is -0.338 e. The van der Waals surface area contributed by atoms with Crippen LogP contribution in [-0.2, 0) is 6.54 Å². The normalized spacial score (nSPS) is 12.3. The summed E-state index contributed by atoms with van der Waals surface area (Å²) in [7, 11) is 0. The quantitative estimate of drug-likeness (QED) is 0.655. The summed E-state index contributed by atoms with van der Waals surface area (Å²) < 4.78 is 4.97. The van der Waals surface area contributed by atoms with Crippen molar-refractivity contribution in [2.75, 3.05) is 0 Å². The van der Waals surface area contributed by atoms with E-state index >= 15 is 0 Å². The van der Waals surface area contributed by atoms with Gasteiger partial charge in [0.2, 0.25) is 5.89 Å². The topological polar surface area (TPSA) is 94.1 Å². The summed E-state index contributed by atoms with van der Waals surface area (Å²) in [4.78, 5) is 14.6. The Labute approximate surface area is 109 Å². The molecule has 0 saturated heterocycles. The largest absolute Gasteiger partial charge is 0.338 e. The average Bonchev–Trinajstić information content (AvgIpc) is 2.81. The predicted molar refractivity (Wildman–Crippen MR) is 67.4 cm³/mol. The molecule has 1 N–H and O–H groups in total. The van der Waals surface area contributed by atoms with Crippen LogP contribution in [-0.4, -0.2) is 15.1 Å². The Morgan fingerprint density at radius 3 is 2.84 bits per heavy atom. The van der Waals surface area contributed by atoms with Crippen LogP contribution in [0.5, 0.6) is 0 Å². The Hall–Kier alpha value is -2.28. The van der Waals surface area contributed by atoms with E-state index in [1.165, 1.54) is 6.07 Å². The van der Waals surface area contributed by atoms with E-state index in [0.29, 0.717) is 23.8 Å². The molecule has 0 amide bonds. The maximum absolute atomic E-state index is 10.9. The smallest absolute Gasteiger partial charge is 0.274 e. The molecule has 1 unspecified atom stereocenters. The van der Waals surface area contributed by atoms with Crippen molar-refractivity contribution in [2.45, 2.75) is 26.4 Å². The molecule has 1 aromatic heterocycles. The first-order chi connectivity index (χ1) is 9.08. The maximum atomic E-state index is 10.9. The molecular formula is C12H14N4O3. The first-order valence-electron chi connectivity index (χ1n) is 5.84. The molecule has 0 saturated carbocycles. The van der Waals surface area contributed by atoms with Crippen LogP contribution >= 0.6 is 0 Å². The third kappa shape index (κ3) is 3.14. The van der Waals surface area contributed by atoms with Gasteiger partial charge in [-0.05, 0) is 13.8 Å². The zero-order chi connectivity index (χ0) is 13.8. The van der Waals surface area contributed by atoms with Crippen LogP contribution in [0.25, 0.3) is 0 Å². The number of nitrogens with one attached hydrogen (secondary N) is 1. The van der Waals surface area contributed by atoms with Gasteiger partial charge >= 0.3 is 0 Å². The number of hydrogen-bond donors (Lipinski definition) is 1. The van der Waals surface area contributed by atoms with Crippen molar-refractivity contribution in [2.24, 2.45) is 0 Å². The first-order valence-corrected chi connectivity index (χ1v) is 5.84. The molecular weight excluding hydrogens is 248 g/mol. The maximum Gasteiger partial charge on any atom is 0.274 e. The predicted octanol–water partition coefficient (Wildman–Crippen LogP) is 2.14. The summed E-state index contributed by atoms with van der Waals surface area (Å²) in [6.07, 6.45) is 0. The van der Waals surface area contributed by atoms with Gasteiger partial charge in [0.15, 0.2) is 5.82 Å². The van der Waals surface area contributed by atoms with Gasteiger partial charge in [0.05, 0.1) is 11.5 Å². The number of nitrogens with zero attached hydrogens (tertiary/aromatic N) is 3. The van der Waals surface area contributed by atoms with Crippen LogP contribution in [0, 0.1) is 17.0 Å². The second-order valence-electron chi connectivity index (χ2n) is 4.15. The molecule has 1 atom stereocenters. The number of benzene rings is 1. The highest BCUT2D eigenvalue weighted by atomic mass is 16.6. The van der Waals surface area contributed by atoms with Gasteiger partial charge in [-0.25, -0.2) is 0 Å². The molecule has 0 fully saturated rings. The van der Waals surface area contributed by atoms with Crippen LogP contribution in [0.2, 0.25) is 0 Å². The molecule has 0 bridgehead atoms. The van der Waals surface area contributed by atoms with Crippen LogP contribution in [0.15, 0.2) is 28.8 Å². The zero-order valence-corrected chi connectivity index (χ0v) is 10.7. The highest BCUT2D eigenvalue weighted by molar-refractivity contribution is 5.41. The summed E-state index contributed by atoms with van der Waals surface area (Å²) in [6, 6.07) is 6.46. The monoisotopic (exact) mass is 262 g/mol. The van der Waals surface area contributed by atoms with Crippen molar-refractivity contribution in [1.82, 2.24) is 15.5 Å². The van der Waals surface area contributed by atoms with Gasteiger partial charge in [-0.15, -0.1) is 0 Å². The third-order valence-corrected chi connectivity index (χ3v) is 2.73. The molecule has 0 radical (unpaired) electrons. The van der Waals surface area contributed by atoms with Gasteiger partial charge in [0.25, 0.3) is 5.69 Å². The van der Waals surface area contributed by atoms with E-state index in [-0.39, 0.29) is 16.7 Å². The number of aryl methyl sites for hydroxylation is 1. The van der Waals surface area contributed by atoms with Gasteiger partial charge in [-0.3, -0.25) is 10.1 Å². The summed E-state index contributed by atoms with van der Waals surface area (Å²) in [6.45, 7) is 3.96. The molecule has 1 heterocycles. The molecule has 1 aromatic carbocycles. The van der Waals surface area contributed by atoms with E-state index in [1.54, 1.807) is 25.1 Å². The standard InChI is InChI=1S/C12H14N4O3/c1-8(13-7-12-14-9(2)15-19-12)10-5-3-4-6-11(10)16(17)18/h3-6,8,13H,7H2,1-2H3. The molecule has 7 heteroatoms. The first kappa shape index (κ1) is 13.2. The van der Waals surface area contributed by atoms with Crippen molar-refractivity contribution < 1.29 is 9.45 Å². The number of para-hydroxylation sites is 1. The van der Waals surface area contributed by atoms with E-state index < -0.39 is 0 Å². The molecule has 0 aliphatic rings. The second-order valence-corrected chi connectivity index (χ2v) is 4.15. The SMILES string of the molecule is Cc1noc(CNC(C)c2ccccc2[N+](=O)[O-])n1. The molecule has 19 heavy (non-hydrogen) atoms. The number of aromatic nitrogens is 2. The van der Waals surface area contributed by atoms with Gasteiger partial charge < -0.3 is 9.84 Å². The molecule has 0 aliphatic heterocycles. The van der Waals surface area contributed by atoms with Crippen LogP contribution < -0.4 is 5.32 Å². The zero-order valence-electron chi connectivity index (χ0n) is 10.7. The van der Waals surface area contributed by atoms with Crippen LogP contribution in [0.4, 0.5) is 5.69 Å². The summed E-state index contributed by atoms with van der Waals surface area (Å²) >= 11 is 0. The molecule has 100 valence electrons. The molecule has 2 aromatic rings.